The molecule has 25 heavy (non-hydrogen) atoms. The molecule has 0 amide bonds. The third kappa shape index (κ3) is 3.90. The van der Waals surface area contributed by atoms with Crippen molar-refractivity contribution in [2.24, 2.45) is 15.9 Å². The Hall–Kier alpha value is -2.21. The van der Waals surface area contributed by atoms with Crippen molar-refractivity contribution in [3.05, 3.63) is 40.7 Å². The van der Waals surface area contributed by atoms with Gasteiger partial charge in [-0.15, -0.1) is 11.3 Å². The number of rotatable bonds is 4. The van der Waals surface area contributed by atoms with Gasteiger partial charge in [0.05, 0.1) is 24.9 Å². The van der Waals surface area contributed by atoms with E-state index in [0.29, 0.717) is 24.1 Å². The Morgan fingerprint density at radius 1 is 1.04 bits per heavy atom. The van der Waals surface area contributed by atoms with Crippen LogP contribution >= 0.6 is 11.3 Å². The molecule has 1 aromatic heterocycles. The average Bonchev–Trinajstić information content (AvgIpc) is 3.10. The fraction of sp³-hybridized carbons (Fsp3) is 0.421. The van der Waals surface area contributed by atoms with Crippen molar-refractivity contribution in [1.82, 2.24) is 4.98 Å². The second-order valence-electron chi connectivity index (χ2n) is 6.24. The van der Waals surface area contributed by atoms with E-state index in [9.17, 15) is 0 Å². The van der Waals surface area contributed by atoms with E-state index in [2.05, 4.69) is 31.4 Å². The molecule has 2 atom stereocenters. The molecule has 0 saturated heterocycles. The highest BCUT2D eigenvalue weighted by Crippen LogP contribution is 2.25. The summed E-state index contributed by atoms with van der Waals surface area (Å²) in [6.45, 7) is 4.20. The molecule has 0 bridgehead atoms. The Labute approximate surface area is 152 Å². The summed E-state index contributed by atoms with van der Waals surface area (Å²) in [5.74, 6) is 1.62. The van der Waals surface area contributed by atoms with Crippen molar-refractivity contribution in [3.8, 4) is 11.3 Å². The van der Waals surface area contributed by atoms with Gasteiger partial charge in [0, 0.05) is 17.4 Å². The van der Waals surface area contributed by atoms with Crippen molar-refractivity contribution in [3.63, 3.8) is 0 Å². The van der Waals surface area contributed by atoms with Crippen LogP contribution in [-0.2, 0) is 15.9 Å². The number of aliphatic imine (C=N–C) groups is 2. The van der Waals surface area contributed by atoms with E-state index in [0.717, 1.165) is 16.3 Å². The fourth-order valence-electron chi connectivity index (χ4n) is 2.80. The highest BCUT2D eigenvalue weighted by Gasteiger charge is 2.31. The predicted molar refractivity (Wildman–Crippen MR) is 103 cm³/mol. The molecule has 0 N–H and O–H groups in total. The van der Waals surface area contributed by atoms with Crippen LogP contribution in [0.15, 0.2) is 45.7 Å². The van der Waals surface area contributed by atoms with Gasteiger partial charge in [0.2, 0.25) is 11.8 Å². The van der Waals surface area contributed by atoms with Gasteiger partial charge in [0.1, 0.15) is 12.1 Å². The lowest BCUT2D eigenvalue weighted by atomic mass is 10.0. The maximum Gasteiger partial charge on any atom is 0.209 e. The van der Waals surface area contributed by atoms with Crippen molar-refractivity contribution in [1.29, 1.82) is 0 Å². The first-order chi connectivity index (χ1) is 12.1. The van der Waals surface area contributed by atoms with Crippen molar-refractivity contribution in [2.45, 2.75) is 32.4 Å². The van der Waals surface area contributed by atoms with Gasteiger partial charge in [-0.25, -0.2) is 15.0 Å². The fourth-order valence-corrected chi connectivity index (χ4v) is 3.65. The zero-order valence-corrected chi connectivity index (χ0v) is 15.8. The van der Waals surface area contributed by atoms with E-state index in [-0.39, 0.29) is 12.1 Å². The van der Waals surface area contributed by atoms with Crippen LogP contribution in [0.25, 0.3) is 11.3 Å². The first-order valence-electron chi connectivity index (χ1n) is 8.35. The minimum atomic E-state index is -0.190. The number of aromatic nitrogens is 1. The Kier molecular flexibility index (Phi) is 5.48. The molecular formula is C19H23N3O2S. The molecule has 1 aliphatic rings. The smallest absolute Gasteiger partial charge is 0.209 e. The van der Waals surface area contributed by atoms with E-state index in [1.807, 2.05) is 18.2 Å². The van der Waals surface area contributed by atoms with Gasteiger partial charge in [0.25, 0.3) is 0 Å². The van der Waals surface area contributed by atoms with E-state index in [1.54, 1.807) is 25.6 Å². The second-order valence-corrected chi connectivity index (χ2v) is 7.19. The predicted octanol–water partition coefficient (Wildman–Crippen LogP) is 3.85. The van der Waals surface area contributed by atoms with Gasteiger partial charge in [-0.05, 0) is 5.92 Å². The average molecular weight is 357 g/mol. The molecular weight excluding hydrogens is 334 g/mol. The molecule has 2 heterocycles. The van der Waals surface area contributed by atoms with Crippen LogP contribution in [0.4, 0.5) is 0 Å². The highest BCUT2D eigenvalue weighted by atomic mass is 32.1. The molecule has 0 spiro atoms. The summed E-state index contributed by atoms with van der Waals surface area (Å²) in [5, 5.41) is 3.09. The number of benzene rings is 1. The van der Waals surface area contributed by atoms with Gasteiger partial charge < -0.3 is 9.47 Å². The molecule has 0 unspecified atom stereocenters. The summed E-state index contributed by atoms with van der Waals surface area (Å²) in [6, 6.07) is 9.90. The summed E-state index contributed by atoms with van der Waals surface area (Å²) in [5.41, 5.74) is 2.11. The highest BCUT2D eigenvalue weighted by molar-refractivity contribution is 7.10. The number of ether oxygens (including phenoxy) is 2. The molecule has 2 aromatic rings. The number of thiazole rings is 1. The largest absolute Gasteiger partial charge is 0.483 e. The summed E-state index contributed by atoms with van der Waals surface area (Å²) < 4.78 is 11.0. The number of hydrogen-bond acceptors (Lipinski definition) is 6. The maximum atomic E-state index is 5.50. The Balaban J connectivity index is 1.81. The van der Waals surface area contributed by atoms with Gasteiger partial charge in [-0.2, -0.15) is 0 Å². The van der Waals surface area contributed by atoms with Crippen LogP contribution in [0, 0.1) is 5.92 Å². The number of nitrogens with zero attached hydrogens (tertiary/aromatic N) is 3. The summed E-state index contributed by atoms with van der Waals surface area (Å²) >= 11 is 1.63. The second kappa shape index (κ2) is 7.78. The lowest BCUT2D eigenvalue weighted by Gasteiger charge is -2.26. The van der Waals surface area contributed by atoms with Crippen LogP contribution in [0.3, 0.4) is 0 Å². The van der Waals surface area contributed by atoms with E-state index in [1.165, 1.54) is 0 Å². The molecule has 6 heteroatoms. The lowest BCUT2D eigenvalue weighted by molar-refractivity contribution is 0.332. The minimum absolute atomic E-state index is 0.0904. The minimum Gasteiger partial charge on any atom is -0.483 e. The summed E-state index contributed by atoms with van der Waals surface area (Å²) in [4.78, 5) is 14.2. The normalized spacial score (nSPS) is 20.2. The molecule has 132 valence electrons. The molecule has 5 nitrogen and oxygen atoms in total. The molecule has 1 aromatic carbocycles. The Morgan fingerprint density at radius 2 is 1.76 bits per heavy atom. The zero-order chi connectivity index (χ0) is 17.8. The van der Waals surface area contributed by atoms with Crippen molar-refractivity contribution < 1.29 is 9.47 Å². The molecule has 1 aliphatic heterocycles. The number of methoxy groups -OCH3 is 2. The topological polar surface area (TPSA) is 56.1 Å². The van der Waals surface area contributed by atoms with Gasteiger partial charge in [-0.3, -0.25) is 0 Å². The van der Waals surface area contributed by atoms with E-state index in [4.69, 9.17) is 24.4 Å². The monoisotopic (exact) mass is 357 g/mol. The first kappa shape index (κ1) is 17.6. The third-order valence-corrected chi connectivity index (χ3v) is 5.00. The molecule has 3 rings (SSSR count). The van der Waals surface area contributed by atoms with Gasteiger partial charge in [0.15, 0.2) is 0 Å². The summed E-state index contributed by atoms with van der Waals surface area (Å²) in [6.07, 6.45) is 0.655. The maximum absolute atomic E-state index is 5.50. The quantitative estimate of drug-likeness (QED) is 0.835. The summed E-state index contributed by atoms with van der Waals surface area (Å²) in [7, 11) is 3.29. The SMILES string of the molecule is COC1=N[C@H](Cc2nc(-c3ccccc3)cs2)C(OC)=N[C@H]1C(C)C. The van der Waals surface area contributed by atoms with Crippen LogP contribution in [0.2, 0.25) is 0 Å². The van der Waals surface area contributed by atoms with Crippen molar-refractivity contribution in [2.75, 3.05) is 14.2 Å². The first-order valence-corrected chi connectivity index (χ1v) is 9.23. The van der Waals surface area contributed by atoms with Crippen LogP contribution in [0.1, 0.15) is 18.9 Å². The molecule has 0 fully saturated rings. The standard InChI is InChI=1S/C19H23N3O2S/c1-12(2)17-19(24-4)21-14(18(22-17)23-3)10-16-20-15(11-25-16)13-8-6-5-7-9-13/h5-9,11-12,14,17H,10H2,1-4H3/t14-,17+/m1/s1. The molecule has 0 saturated carbocycles. The van der Waals surface area contributed by atoms with E-state index < -0.39 is 0 Å². The van der Waals surface area contributed by atoms with Crippen molar-refractivity contribution >= 4 is 23.1 Å². The van der Waals surface area contributed by atoms with Crippen LogP contribution < -0.4 is 0 Å². The van der Waals surface area contributed by atoms with Crippen LogP contribution in [-0.4, -0.2) is 43.1 Å². The molecule has 0 radical (unpaired) electrons. The Morgan fingerprint density at radius 3 is 2.40 bits per heavy atom. The van der Waals surface area contributed by atoms with E-state index >= 15 is 0 Å². The Bertz CT molecular complexity index is 768. The molecule has 0 aliphatic carbocycles. The van der Waals surface area contributed by atoms with Gasteiger partial charge >= 0.3 is 0 Å². The third-order valence-electron chi connectivity index (χ3n) is 4.13. The number of hydrogen-bond donors (Lipinski definition) is 0. The zero-order valence-electron chi connectivity index (χ0n) is 15.0. The van der Waals surface area contributed by atoms with Crippen LogP contribution in [0.5, 0.6) is 0 Å². The van der Waals surface area contributed by atoms with Gasteiger partial charge in [-0.1, -0.05) is 44.2 Å². The lowest BCUT2D eigenvalue weighted by Crippen LogP contribution is -2.38.